The molecule has 2 aromatic carbocycles. The number of carbonyl (C=O) groups excluding carboxylic acids is 2. The topological polar surface area (TPSA) is 105 Å². The Morgan fingerprint density at radius 1 is 1.17 bits per heavy atom. The molecule has 8 nitrogen and oxygen atoms in total. The maximum atomic E-state index is 12.8. The van der Waals surface area contributed by atoms with Crippen LogP contribution < -0.4 is 5.32 Å². The predicted molar refractivity (Wildman–Crippen MR) is 138 cm³/mol. The van der Waals surface area contributed by atoms with E-state index in [1.807, 2.05) is 24.3 Å². The summed E-state index contributed by atoms with van der Waals surface area (Å²) in [5, 5.41) is 15.5. The quantitative estimate of drug-likeness (QED) is 0.220. The van der Waals surface area contributed by atoms with Crippen molar-refractivity contribution >= 4 is 61.5 Å². The van der Waals surface area contributed by atoms with Crippen LogP contribution in [0.5, 0.6) is 0 Å². The fourth-order valence-electron chi connectivity index (χ4n) is 4.03. The Morgan fingerprint density at radius 3 is 2.77 bits per heavy atom. The first-order valence-electron chi connectivity index (χ1n) is 10.9. The number of para-hydroxylation sites is 1. The molecule has 0 atom stereocenters. The van der Waals surface area contributed by atoms with Crippen LogP contribution >= 0.6 is 22.7 Å². The van der Waals surface area contributed by atoms with E-state index in [4.69, 9.17) is 4.98 Å². The van der Waals surface area contributed by atoms with Crippen LogP contribution in [0.15, 0.2) is 54.6 Å². The number of non-ortho nitro benzene ring substituents is 1. The van der Waals surface area contributed by atoms with Crippen LogP contribution in [0.3, 0.4) is 0 Å². The number of carbonyl (C=O) groups is 2. The van der Waals surface area contributed by atoms with E-state index in [1.54, 1.807) is 41.4 Å². The van der Waals surface area contributed by atoms with Crippen molar-refractivity contribution in [2.45, 2.75) is 19.9 Å². The molecule has 0 saturated heterocycles. The Labute approximate surface area is 208 Å². The van der Waals surface area contributed by atoms with E-state index in [9.17, 15) is 19.7 Å². The van der Waals surface area contributed by atoms with Gasteiger partial charge in [0.2, 0.25) is 11.8 Å². The molecule has 0 fully saturated rings. The summed E-state index contributed by atoms with van der Waals surface area (Å²) in [5.74, 6) is -0.322. The fourth-order valence-corrected chi connectivity index (χ4v) is 6.41. The van der Waals surface area contributed by atoms with E-state index < -0.39 is 4.92 Å². The molecule has 0 bridgehead atoms. The largest absolute Gasteiger partial charge is 0.337 e. The molecule has 2 amide bonds. The van der Waals surface area contributed by atoms with Crippen molar-refractivity contribution in [2.75, 3.05) is 11.9 Å². The van der Waals surface area contributed by atoms with Crippen LogP contribution in [0.4, 0.5) is 10.7 Å². The van der Waals surface area contributed by atoms with Crippen LogP contribution in [-0.2, 0) is 22.6 Å². The third-order valence-corrected chi connectivity index (χ3v) is 7.94. The number of nitrogens with one attached hydrogen (secondary N) is 1. The molecule has 0 aliphatic carbocycles. The molecule has 4 aromatic rings. The van der Waals surface area contributed by atoms with Crippen molar-refractivity contribution in [2.24, 2.45) is 0 Å². The molecule has 0 spiro atoms. The lowest BCUT2D eigenvalue weighted by Crippen LogP contribution is -2.33. The molecular weight excluding hydrogens is 484 g/mol. The molecule has 0 unspecified atom stereocenters. The molecular formula is C25H20N4O4S2. The number of aromatic nitrogens is 1. The van der Waals surface area contributed by atoms with Gasteiger partial charge in [-0.25, -0.2) is 4.98 Å². The highest BCUT2D eigenvalue weighted by molar-refractivity contribution is 7.23. The molecule has 3 heterocycles. The van der Waals surface area contributed by atoms with E-state index >= 15 is 0 Å². The lowest BCUT2D eigenvalue weighted by Gasteiger charge is -2.25. The van der Waals surface area contributed by atoms with Crippen LogP contribution in [0.2, 0.25) is 0 Å². The number of fused-ring (bicyclic) bond motifs is 2. The third kappa shape index (κ3) is 4.71. The Kier molecular flexibility index (Phi) is 6.14. The molecule has 35 heavy (non-hydrogen) atoms. The van der Waals surface area contributed by atoms with Crippen molar-refractivity contribution in [3.63, 3.8) is 0 Å². The van der Waals surface area contributed by atoms with Gasteiger partial charge in [-0.2, -0.15) is 0 Å². The molecule has 2 aromatic heterocycles. The number of nitro benzene ring substituents is 1. The summed E-state index contributed by atoms with van der Waals surface area (Å²) >= 11 is 3.03. The highest BCUT2D eigenvalue weighted by Gasteiger charge is 2.28. The van der Waals surface area contributed by atoms with Crippen LogP contribution in [-0.4, -0.2) is 33.2 Å². The molecule has 1 N–H and O–H groups in total. The normalized spacial score (nSPS) is 13.2. The number of rotatable bonds is 5. The number of thiophene rings is 1. The lowest BCUT2D eigenvalue weighted by atomic mass is 10.0. The molecule has 176 valence electrons. The summed E-state index contributed by atoms with van der Waals surface area (Å²) in [5.41, 5.74) is 3.45. The van der Waals surface area contributed by atoms with E-state index in [0.717, 1.165) is 31.2 Å². The van der Waals surface area contributed by atoms with Crippen molar-refractivity contribution in [3.8, 4) is 10.6 Å². The number of hydrogen-bond donors (Lipinski definition) is 1. The zero-order valence-corrected chi connectivity index (χ0v) is 20.3. The zero-order chi connectivity index (χ0) is 24.5. The van der Waals surface area contributed by atoms with Gasteiger partial charge >= 0.3 is 0 Å². The minimum atomic E-state index is -0.470. The minimum absolute atomic E-state index is 0.0241. The number of nitrogens with zero attached hydrogens (tertiary/aromatic N) is 3. The number of amides is 2. The van der Waals surface area contributed by atoms with Gasteiger partial charge in [-0.15, -0.1) is 22.7 Å². The van der Waals surface area contributed by atoms with Crippen molar-refractivity contribution in [1.82, 2.24) is 9.88 Å². The highest BCUT2D eigenvalue weighted by atomic mass is 32.1. The maximum absolute atomic E-state index is 12.8. The first-order chi connectivity index (χ1) is 16.9. The summed E-state index contributed by atoms with van der Waals surface area (Å²) in [7, 11) is 0. The van der Waals surface area contributed by atoms with E-state index in [1.165, 1.54) is 29.5 Å². The van der Waals surface area contributed by atoms with Crippen LogP contribution in [0, 0.1) is 10.1 Å². The number of hydrogen-bond acceptors (Lipinski definition) is 7. The van der Waals surface area contributed by atoms with Crippen molar-refractivity contribution < 1.29 is 14.5 Å². The summed E-state index contributed by atoms with van der Waals surface area (Å²) in [6, 6.07) is 14.0. The van der Waals surface area contributed by atoms with Crippen LogP contribution in [0.1, 0.15) is 22.9 Å². The summed E-state index contributed by atoms with van der Waals surface area (Å²) in [4.78, 5) is 43.0. The monoisotopic (exact) mass is 504 g/mol. The predicted octanol–water partition coefficient (Wildman–Crippen LogP) is 5.49. The smallest absolute Gasteiger partial charge is 0.270 e. The Hall–Kier alpha value is -3.89. The van der Waals surface area contributed by atoms with Gasteiger partial charge < -0.3 is 10.2 Å². The van der Waals surface area contributed by atoms with Crippen molar-refractivity contribution in [3.05, 3.63) is 80.7 Å². The lowest BCUT2D eigenvalue weighted by molar-refractivity contribution is -0.384. The van der Waals surface area contributed by atoms with Gasteiger partial charge in [-0.1, -0.05) is 24.3 Å². The molecule has 10 heteroatoms. The maximum Gasteiger partial charge on any atom is 0.270 e. The number of anilines is 1. The van der Waals surface area contributed by atoms with E-state index in [0.29, 0.717) is 30.1 Å². The fraction of sp³-hybridized carbons (Fsp3) is 0.160. The summed E-state index contributed by atoms with van der Waals surface area (Å²) < 4.78 is 1.06. The number of benzene rings is 2. The molecule has 0 radical (unpaired) electrons. The summed E-state index contributed by atoms with van der Waals surface area (Å²) in [6.45, 7) is 2.69. The van der Waals surface area contributed by atoms with Crippen LogP contribution in [0.25, 0.3) is 26.9 Å². The Bertz CT molecular complexity index is 1470. The highest BCUT2D eigenvalue weighted by Crippen LogP contribution is 2.45. The SMILES string of the molecule is CC(=O)N1CCc2c(sc(NC(=O)C=Cc3cccc([N+](=O)[O-])c3)c2-c2nc3ccccc3s2)C1. The van der Waals surface area contributed by atoms with Gasteiger partial charge in [-0.05, 0) is 35.8 Å². The van der Waals surface area contributed by atoms with Crippen molar-refractivity contribution in [1.29, 1.82) is 0 Å². The van der Waals surface area contributed by atoms with Gasteiger partial charge in [0.05, 0.1) is 21.7 Å². The van der Waals surface area contributed by atoms with Gasteiger partial charge in [0.1, 0.15) is 10.0 Å². The molecule has 1 aliphatic heterocycles. The zero-order valence-electron chi connectivity index (χ0n) is 18.7. The second kappa shape index (κ2) is 9.40. The van der Waals surface area contributed by atoms with E-state index in [2.05, 4.69) is 5.32 Å². The first kappa shape index (κ1) is 22.9. The first-order valence-corrected chi connectivity index (χ1v) is 12.5. The Balaban J connectivity index is 1.48. The van der Waals surface area contributed by atoms with E-state index in [-0.39, 0.29) is 17.5 Å². The number of nitro groups is 1. The minimum Gasteiger partial charge on any atom is -0.337 e. The molecule has 0 saturated carbocycles. The third-order valence-electron chi connectivity index (χ3n) is 5.75. The second-order valence-electron chi connectivity index (χ2n) is 8.06. The number of thiazole rings is 1. The van der Waals surface area contributed by atoms with Gasteiger partial charge in [0.25, 0.3) is 5.69 Å². The molecule has 1 aliphatic rings. The van der Waals surface area contributed by atoms with Gasteiger partial charge in [-0.3, -0.25) is 19.7 Å². The van der Waals surface area contributed by atoms with Gasteiger partial charge in [0, 0.05) is 42.1 Å². The average molecular weight is 505 g/mol. The second-order valence-corrected chi connectivity index (χ2v) is 10.2. The average Bonchev–Trinajstić information content (AvgIpc) is 3.42. The van der Waals surface area contributed by atoms with Gasteiger partial charge in [0.15, 0.2) is 0 Å². The molecule has 5 rings (SSSR count). The Morgan fingerprint density at radius 2 is 2.00 bits per heavy atom. The summed E-state index contributed by atoms with van der Waals surface area (Å²) in [6.07, 6.45) is 3.60. The standard InChI is InChI=1S/C25H20N4O4S2/c1-15(30)28-12-11-18-21(14-28)35-25(23(18)24-26-19-7-2-3-8-20(19)34-24)27-22(31)10-9-16-5-4-6-17(13-16)29(32)33/h2-10,13H,11-12,14H2,1H3,(H,27,31).